The maximum absolute atomic E-state index is 12.2. The van der Waals surface area contributed by atoms with Gasteiger partial charge < -0.3 is 16.0 Å². The fourth-order valence-corrected chi connectivity index (χ4v) is 3.01. The Labute approximate surface area is 147 Å². The van der Waals surface area contributed by atoms with E-state index in [0.717, 1.165) is 4.90 Å². The first kappa shape index (κ1) is 19.8. The summed E-state index contributed by atoms with van der Waals surface area (Å²) in [5.41, 5.74) is 9.08. The molecule has 2 atom stereocenters. The second kappa shape index (κ2) is 7.81. The number of rotatable bonds is 6. The summed E-state index contributed by atoms with van der Waals surface area (Å²) in [7, 11) is -4.87. The molecule has 2 rings (SSSR count). The van der Waals surface area contributed by atoms with Crippen molar-refractivity contribution in [3.05, 3.63) is 0 Å². The maximum atomic E-state index is 12.2. The quantitative estimate of drug-likeness (QED) is 0.221. The first-order valence-electron chi connectivity index (χ1n) is 7.44. The third-order valence-corrected chi connectivity index (χ3v) is 4.10. The van der Waals surface area contributed by atoms with Crippen LogP contribution >= 0.6 is 0 Å². The van der Waals surface area contributed by atoms with Crippen LogP contribution in [0.2, 0.25) is 0 Å². The van der Waals surface area contributed by atoms with Crippen LogP contribution in [0, 0.1) is 0 Å². The van der Waals surface area contributed by atoms with Gasteiger partial charge in [0.1, 0.15) is 6.04 Å². The van der Waals surface area contributed by atoms with E-state index >= 15 is 0 Å². The Bertz CT molecular complexity index is 711. The van der Waals surface area contributed by atoms with Gasteiger partial charge in [0.15, 0.2) is 0 Å². The van der Waals surface area contributed by atoms with E-state index in [9.17, 15) is 27.6 Å². The number of hydrazine groups is 1. The van der Waals surface area contributed by atoms with Crippen LogP contribution in [0.1, 0.15) is 12.8 Å². The van der Waals surface area contributed by atoms with E-state index in [1.54, 1.807) is 0 Å². The van der Waals surface area contributed by atoms with E-state index in [1.807, 2.05) is 10.9 Å². The molecule has 146 valence electrons. The van der Waals surface area contributed by atoms with Crippen LogP contribution in [0.25, 0.3) is 0 Å². The fourth-order valence-electron chi connectivity index (χ4n) is 2.62. The highest BCUT2D eigenvalue weighted by Crippen LogP contribution is 2.30. The van der Waals surface area contributed by atoms with Gasteiger partial charge in [0.2, 0.25) is 5.91 Å². The monoisotopic (exact) mass is 394 g/mol. The lowest BCUT2D eigenvalue weighted by molar-refractivity contribution is -0.130. The predicted octanol–water partition coefficient (Wildman–Crippen LogP) is -3.79. The van der Waals surface area contributed by atoms with Gasteiger partial charge in [-0.25, -0.2) is 4.79 Å². The molecule has 0 saturated carbocycles. The number of carbonyl (C=O) groups is 4. The lowest BCUT2D eigenvalue weighted by Gasteiger charge is -2.29. The minimum absolute atomic E-state index is 0.0329. The van der Waals surface area contributed by atoms with E-state index < -0.39 is 52.8 Å². The summed E-state index contributed by atoms with van der Waals surface area (Å²) in [4.78, 5) is 47.8. The third kappa shape index (κ3) is 4.78. The second-order valence-electron chi connectivity index (χ2n) is 5.53. The summed E-state index contributed by atoms with van der Waals surface area (Å²) in [6, 6.07) is -2.44. The highest BCUT2D eigenvalue weighted by Gasteiger charge is 2.49. The number of fused-ring (bicyclic) bond motifs is 2. The number of piperidine rings is 1. The molecule has 2 saturated heterocycles. The molecule has 5 amide bonds. The molecule has 6 N–H and O–H groups in total. The molecular weight excluding hydrogens is 376 g/mol. The third-order valence-electron chi connectivity index (χ3n) is 3.75. The van der Waals surface area contributed by atoms with Gasteiger partial charge >= 0.3 is 16.4 Å². The molecule has 14 nitrogen and oxygen atoms in total. The van der Waals surface area contributed by atoms with Crippen molar-refractivity contribution in [3.63, 3.8) is 0 Å². The molecule has 0 aromatic rings. The topological polar surface area (TPSA) is 200 Å². The van der Waals surface area contributed by atoms with E-state index in [4.69, 9.17) is 10.3 Å². The zero-order valence-electron chi connectivity index (χ0n) is 13.4. The number of urea groups is 1. The van der Waals surface area contributed by atoms with Gasteiger partial charge in [-0.3, -0.25) is 29.8 Å². The molecule has 2 bridgehead atoms. The Morgan fingerprint density at radius 1 is 1.23 bits per heavy atom. The van der Waals surface area contributed by atoms with Crippen molar-refractivity contribution in [3.8, 4) is 0 Å². The first-order chi connectivity index (χ1) is 12.1. The second-order valence-corrected chi connectivity index (χ2v) is 6.53. The summed E-state index contributed by atoms with van der Waals surface area (Å²) >= 11 is 0. The number of nitrogens with two attached hydrogens (primary N) is 1. The fraction of sp³-hybridized carbons (Fsp3) is 0.636. The van der Waals surface area contributed by atoms with Crippen LogP contribution in [0.4, 0.5) is 4.79 Å². The van der Waals surface area contributed by atoms with E-state index in [0.29, 0.717) is 5.06 Å². The Balaban J connectivity index is 1.88. The molecule has 2 aliphatic heterocycles. The number of carbonyl (C=O) groups excluding carboxylic acids is 4. The summed E-state index contributed by atoms with van der Waals surface area (Å²) in [5, 5.41) is 2.82. The lowest BCUT2D eigenvalue weighted by Crippen LogP contribution is -2.53. The van der Waals surface area contributed by atoms with Crippen molar-refractivity contribution in [1.82, 2.24) is 26.1 Å². The Morgan fingerprint density at radius 3 is 2.50 bits per heavy atom. The summed E-state index contributed by atoms with van der Waals surface area (Å²) in [6.45, 7) is -0.753. The molecule has 0 aliphatic carbocycles. The van der Waals surface area contributed by atoms with Gasteiger partial charge in [-0.2, -0.15) is 13.5 Å². The molecule has 15 heteroatoms. The normalized spacial score (nSPS) is 22.2. The number of nitrogens with one attached hydrogen (secondary N) is 3. The molecule has 2 aliphatic rings. The van der Waals surface area contributed by atoms with Crippen molar-refractivity contribution in [1.29, 1.82) is 0 Å². The highest BCUT2D eigenvalue weighted by atomic mass is 32.3. The molecule has 0 aromatic carbocycles. The van der Waals surface area contributed by atoms with Crippen molar-refractivity contribution in [2.75, 3.05) is 19.6 Å². The zero-order chi connectivity index (χ0) is 19.5. The minimum atomic E-state index is -4.87. The van der Waals surface area contributed by atoms with Crippen LogP contribution in [-0.2, 0) is 29.1 Å². The van der Waals surface area contributed by atoms with E-state index in [2.05, 4.69) is 9.60 Å². The van der Waals surface area contributed by atoms with Crippen molar-refractivity contribution < 1.29 is 36.4 Å². The first-order valence-corrected chi connectivity index (χ1v) is 8.81. The maximum Gasteiger partial charge on any atom is 0.418 e. The highest BCUT2D eigenvalue weighted by molar-refractivity contribution is 7.80. The average Bonchev–Trinajstić information content (AvgIpc) is 2.81. The molecule has 0 spiro atoms. The van der Waals surface area contributed by atoms with Gasteiger partial charge in [0, 0.05) is 6.54 Å². The number of hydroxylamine groups is 2. The number of amides is 5. The van der Waals surface area contributed by atoms with Gasteiger partial charge in [0.05, 0.1) is 19.1 Å². The molecule has 26 heavy (non-hydrogen) atoms. The minimum Gasteiger partial charge on any atom is -0.345 e. The molecule has 2 heterocycles. The standard InChI is InChI=1S/C11H18N6O8S/c12-3-8(18)14-15-9(19)4-13-10(20)7-2-1-6-5-16(7)11(21)17(6)25-26(22,23)24/h6-7H,1-5,12H2,(H,13,20)(H,14,18)(H,15,19)(H,22,23,24)/t6?,7-/m0/s1. The van der Waals surface area contributed by atoms with Crippen LogP contribution < -0.4 is 21.9 Å². The van der Waals surface area contributed by atoms with Crippen molar-refractivity contribution in [2.45, 2.75) is 24.9 Å². The van der Waals surface area contributed by atoms with Gasteiger partial charge in [-0.1, -0.05) is 0 Å². The lowest BCUT2D eigenvalue weighted by atomic mass is 10.0. The van der Waals surface area contributed by atoms with Crippen LogP contribution in [0.3, 0.4) is 0 Å². The molecule has 0 aromatic heterocycles. The molecular formula is C11H18N6O8S. The number of hydrogen-bond acceptors (Lipinski definition) is 8. The van der Waals surface area contributed by atoms with Gasteiger partial charge in [0.25, 0.3) is 11.8 Å². The smallest absolute Gasteiger partial charge is 0.345 e. The predicted molar refractivity (Wildman–Crippen MR) is 81.7 cm³/mol. The van der Waals surface area contributed by atoms with Crippen LogP contribution in [-0.4, -0.2) is 78.4 Å². The summed E-state index contributed by atoms with van der Waals surface area (Å²) in [5.74, 6) is -1.96. The Morgan fingerprint density at radius 2 is 1.88 bits per heavy atom. The van der Waals surface area contributed by atoms with E-state index in [1.165, 1.54) is 0 Å². The van der Waals surface area contributed by atoms with E-state index in [-0.39, 0.29) is 25.9 Å². The summed E-state index contributed by atoms with van der Waals surface area (Å²) < 4.78 is 34.6. The average molecular weight is 394 g/mol. The number of nitrogens with zero attached hydrogens (tertiary/aromatic N) is 2. The Hall–Kier alpha value is -2.49. The Kier molecular flexibility index (Phi) is 5.96. The molecule has 1 unspecified atom stereocenters. The zero-order valence-corrected chi connectivity index (χ0v) is 14.2. The SMILES string of the molecule is NCC(=O)NNC(=O)CNC(=O)[C@@H]1CCC2CN1C(=O)N2OS(=O)(=O)O. The molecule has 2 fully saturated rings. The summed E-state index contributed by atoms with van der Waals surface area (Å²) in [6.07, 6.45) is 0.466. The van der Waals surface area contributed by atoms with Gasteiger partial charge in [-0.15, -0.1) is 4.28 Å². The van der Waals surface area contributed by atoms with Gasteiger partial charge in [-0.05, 0) is 12.8 Å². The number of hydrogen-bond donors (Lipinski definition) is 5. The molecule has 0 radical (unpaired) electrons. The van der Waals surface area contributed by atoms with Crippen molar-refractivity contribution >= 4 is 34.2 Å². The van der Waals surface area contributed by atoms with Crippen molar-refractivity contribution in [2.24, 2.45) is 5.73 Å². The largest absolute Gasteiger partial charge is 0.418 e. The van der Waals surface area contributed by atoms with Crippen LogP contribution in [0.5, 0.6) is 0 Å². The van der Waals surface area contributed by atoms with Crippen LogP contribution in [0.15, 0.2) is 0 Å².